The fraction of sp³-hybridized carbons (Fsp3) is 0.917. The van der Waals surface area contributed by atoms with Gasteiger partial charge < -0.3 is 10.1 Å². The summed E-state index contributed by atoms with van der Waals surface area (Å²) < 4.78 is 5.18. The van der Waals surface area contributed by atoms with Gasteiger partial charge in [-0.05, 0) is 31.1 Å². The van der Waals surface area contributed by atoms with Gasteiger partial charge in [0, 0.05) is 13.2 Å². The molecular formula is C12H23NO2. The molecule has 0 saturated heterocycles. The lowest BCUT2D eigenvalue weighted by Crippen LogP contribution is -2.33. The highest BCUT2D eigenvalue weighted by Gasteiger charge is 2.41. The molecule has 1 fully saturated rings. The van der Waals surface area contributed by atoms with Crippen molar-refractivity contribution in [2.24, 2.45) is 5.41 Å². The molecule has 1 saturated carbocycles. The minimum Gasteiger partial charge on any atom is -0.372 e. The van der Waals surface area contributed by atoms with Crippen molar-refractivity contribution in [1.29, 1.82) is 0 Å². The quantitative estimate of drug-likeness (QED) is 0.627. The first kappa shape index (κ1) is 12.5. The minimum absolute atomic E-state index is 0.0332. The van der Waals surface area contributed by atoms with Crippen LogP contribution in [0, 0.1) is 5.41 Å². The van der Waals surface area contributed by atoms with Crippen LogP contribution in [-0.4, -0.2) is 25.7 Å². The van der Waals surface area contributed by atoms with Gasteiger partial charge >= 0.3 is 0 Å². The van der Waals surface area contributed by atoms with Crippen LogP contribution >= 0.6 is 0 Å². The van der Waals surface area contributed by atoms with Crippen LogP contribution < -0.4 is 5.32 Å². The maximum Gasteiger partial charge on any atom is 0.246 e. The van der Waals surface area contributed by atoms with Crippen LogP contribution in [0.3, 0.4) is 0 Å². The molecule has 15 heavy (non-hydrogen) atoms. The molecule has 1 aliphatic rings. The molecule has 88 valence electrons. The predicted molar refractivity (Wildman–Crippen MR) is 60.7 cm³/mol. The van der Waals surface area contributed by atoms with E-state index in [1.165, 1.54) is 25.7 Å². The highest BCUT2D eigenvalue weighted by atomic mass is 16.5. The molecule has 3 heteroatoms. The fourth-order valence-electron chi connectivity index (χ4n) is 1.87. The Bertz CT molecular complexity index is 200. The van der Waals surface area contributed by atoms with E-state index in [0.29, 0.717) is 12.0 Å². The normalized spacial score (nSPS) is 17.5. The molecule has 1 N–H and O–H groups in total. The van der Waals surface area contributed by atoms with Crippen molar-refractivity contribution in [2.45, 2.75) is 46.0 Å². The Balaban J connectivity index is 2.06. The largest absolute Gasteiger partial charge is 0.372 e. The van der Waals surface area contributed by atoms with Crippen molar-refractivity contribution < 1.29 is 9.53 Å². The Kier molecular flexibility index (Phi) is 5.09. The number of ether oxygens (including phenoxy) is 1. The standard InChI is InChI=1S/C12H23NO2/c1-3-5-12(6-7-12)10-13-11(14)9-15-8-4-2/h3-10H2,1-2H3,(H,13,14). The Hall–Kier alpha value is -0.570. The zero-order chi connectivity index (χ0) is 11.1. The summed E-state index contributed by atoms with van der Waals surface area (Å²) in [6.45, 7) is 5.98. The van der Waals surface area contributed by atoms with E-state index in [2.05, 4.69) is 12.2 Å². The van der Waals surface area contributed by atoms with E-state index in [4.69, 9.17) is 4.74 Å². The first-order chi connectivity index (χ1) is 7.22. The van der Waals surface area contributed by atoms with Gasteiger partial charge in [-0.2, -0.15) is 0 Å². The summed E-state index contributed by atoms with van der Waals surface area (Å²) >= 11 is 0. The van der Waals surface area contributed by atoms with E-state index in [1.807, 2.05) is 6.92 Å². The van der Waals surface area contributed by atoms with Crippen LogP contribution in [0.4, 0.5) is 0 Å². The topological polar surface area (TPSA) is 38.3 Å². The molecule has 0 aromatic carbocycles. The number of rotatable bonds is 8. The van der Waals surface area contributed by atoms with Gasteiger partial charge in [0.2, 0.25) is 5.91 Å². The van der Waals surface area contributed by atoms with Gasteiger partial charge in [-0.25, -0.2) is 0 Å². The van der Waals surface area contributed by atoms with Gasteiger partial charge in [-0.15, -0.1) is 0 Å². The van der Waals surface area contributed by atoms with E-state index in [9.17, 15) is 4.79 Å². The summed E-state index contributed by atoms with van der Waals surface area (Å²) in [7, 11) is 0. The number of carbonyl (C=O) groups is 1. The van der Waals surface area contributed by atoms with E-state index in [1.54, 1.807) is 0 Å². The molecule has 0 heterocycles. The third-order valence-electron chi connectivity index (χ3n) is 2.98. The second-order valence-corrected chi connectivity index (χ2v) is 4.58. The predicted octanol–water partition coefficient (Wildman–Crippen LogP) is 2.11. The van der Waals surface area contributed by atoms with Gasteiger partial charge in [-0.1, -0.05) is 20.3 Å². The third kappa shape index (κ3) is 4.65. The van der Waals surface area contributed by atoms with Crippen molar-refractivity contribution in [3.63, 3.8) is 0 Å². The molecular weight excluding hydrogens is 190 g/mol. The van der Waals surface area contributed by atoms with E-state index < -0.39 is 0 Å². The first-order valence-electron chi connectivity index (χ1n) is 6.07. The molecule has 0 radical (unpaired) electrons. The maximum absolute atomic E-state index is 11.4. The van der Waals surface area contributed by atoms with Crippen molar-refractivity contribution in [1.82, 2.24) is 5.32 Å². The summed E-state index contributed by atoms with van der Waals surface area (Å²) in [6.07, 6.45) is 5.96. The Labute approximate surface area is 92.6 Å². The number of amides is 1. The van der Waals surface area contributed by atoms with Crippen LogP contribution in [-0.2, 0) is 9.53 Å². The number of hydrogen-bond donors (Lipinski definition) is 1. The molecule has 0 atom stereocenters. The van der Waals surface area contributed by atoms with E-state index in [0.717, 1.165) is 13.0 Å². The molecule has 1 rings (SSSR count). The van der Waals surface area contributed by atoms with Crippen LogP contribution in [0.2, 0.25) is 0 Å². The van der Waals surface area contributed by atoms with Crippen molar-refractivity contribution >= 4 is 5.91 Å². The molecule has 3 nitrogen and oxygen atoms in total. The Morgan fingerprint density at radius 2 is 2.07 bits per heavy atom. The van der Waals surface area contributed by atoms with Crippen molar-refractivity contribution in [3.05, 3.63) is 0 Å². The number of nitrogens with one attached hydrogen (secondary N) is 1. The molecule has 1 amide bonds. The van der Waals surface area contributed by atoms with E-state index in [-0.39, 0.29) is 12.5 Å². The summed E-state index contributed by atoms with van der Waals surface area (Å²) in [5, 5.41) is 2.97. The van der Waals surface area contributed by atoms with Crippen molar-refractivity contribution in [2.75, 3.05) is 19.8 Å². The summed E-state index contributed by atoms with van der Waals surface area (Å²) in [4.78, 5) is 11.4. The fourth-order valence-corrected chi connectivity index (χ4v) is 1.87. The molecule has 1 aliphatic carbocycles. The van der Waals surface area contributed by atoms with Gasteiger partial charge in [0.1, 0.15) is 6.61 Å². The lowest BCUT2D eigenvalue weighted by molar-refractivity contribution is -0.125. The molecule has 0 spiro atoms. The lowest BCUT2D eigenvalue weighted by atomic mass is 10.0. The first-order valence-corrected chi connectivity index (χ1v) is 6.07. The molecule has 0 aromatic heterocycles. The van der Waals surface area contributed by atoms with Crippen LogP contribution in [0.1, 0.15) is 46.0 Å². The average molecular weight is 213 g/mol. The third-order valence-corrected chi connectivity index (χ3v) is 2.98. The monoisotopic (exact) mass is 213 g/mol. The zero-order valence-corrected chi connectivity index (χ0v) is 9.97. The smallest absolute Gasteiger partial charge is 0.246 e. The second-order valence-electron chi connectivity index (χ2n) is 4.58. The summed E-state index contributed by atoms with van der Waals surface area (Å²) in [6, 6.07) is 0. The molecule has 0 aromatic rings. The zero-order valence-electron chi connectivity index (χ0n) is 9.97. The second kappa shape index (κ2) is 6.11. The summed E-state index contributed by atoms with van der Waals surface area (Å²) in [5.74, 6) is 0.0332. The van der Waals surface area contributed by atoms with Crippen LogP contribution in [0.25, 0.3) is 0 Å². The molecule has 0 bridgehead atoms. The minimum atomic E-state index is 0.0332. The van der Waals surface area contributed by atoms with Gasteiger partial charge in [0.25, 0.3) is 0 Å². The highest BCUT2D eigenvalue weighted by Crippen LogP contribution is 2.48. The van der Waals surface area contributed by atoms with E-state index >= 15 is 0 Å². The van der Waals surface area contributed by atoms with Gasteiger partial charge in [0.15, 0.2) is 0 Å². The maximum atomic E-state index is 11.4. The summed E-state index contributed by atoms with van der Waals surface area (Å²) in [5.41, 5.74) is 0.440. The van der Waals surface area contributed by atoms with Crippen LogP contribution in [0.15, 0.2) is 0 Å². The Morgan fingerprint density at radius 3 is 2.60 bits per heavy atom. The van der Waals surface area contributed by atoms with Gasteiger partial charge in [0.05, 0.1) is 0 Å². The average Bonchev–Trinajstić information content (AvgIpc) is 2.97. The molecule has 0 unspecified atom stereocenters. The van der Waals surface area contributed by atoms with Gasteiger partial charge in [-0.3, -0.25) is 4.79 Å². The Morgan fingerprint density at radius 1 is 1.33 bits per heavy atom. The van der Waals surface area contributed by atoms with Crippen LogP contribution in [0.5, 0.6) is 0 Å². The number of hydrogen-bond acceptors (Lipinski definition) is 2. The number of carbonyl (C=O) groups excluding carboxylic acids is 1. The molecule has 0 aliphatic heterocycles. The SMILES string of the molecule is CCCOCC(=O)NCC1(CCC)CC1. The lowest BCUT2D eigenvalue weighted by Gasteiger charge is -2.14. The van der Waals surface area contributed by atoms with Crippen molar-refractivity contribution in [3.8, 4) is 0 Å². The highest BCUT2D eigenvalue weighted by molar-refractivity contribution is 5.77.